The molecule has 2 aromatic heterocycles. The molecule has 1 aliphatic carbocycles. The van der Waals surface area contributed by atoms with E-state index in [1.807, 2.05) is 48.5 Å². The lowest BCUT2D eigenvalue weighted by Gasteiger charge is -2.36. The van der Waals surface area contributed by atoms with Gasteiger partial charge in [0.25, 0.3) is 0 Å². The van der Waals surface area contributed by atoms with Crippen LogP contribution >= 0.6 is 0 Å². The standard InChI is InChI=1S/C34H40N4O/c1-3-31-33-30(26-16-18-29(19-17-26)39-28-10-5-4-6-11-28)23-32(35-34(33)37-36-31)27-14-12-25(13-15-27)24-9-7-8-21-38(2)22-20-24/h3-6,10-11,16-19,23-25,27H,1,7-9,12-15,20-22H2,2H3,(H,35,36,37). The summed E-state index contributed by atoms with van der Waals surface area (Å²) < 4.78 is 6.04. The number of H-pyrrole nitrogens is 1. The molecule has 2 aromatic carbocycles. The van der Waals surface area contributed by atoms with Crippen molar-refractivity contribution in [3.05, 3.63) is 78.6 Å². The first-order valence-electron chi connectivity index (χ1n) is 14.7. The zero-order valence-corrected chi connectivity index (χ0v) is 23.1. The minimum Gasteiger partial charge on any atom is -0.457 e. The predicted octanol–water partition coefficient (Wildman–Crippen LogP) is 8.46. The quantitative estimate of drug-likeness (QED) is 0.277. The number of nitrogens with one attached hydrogen (secondary N) is 1. The van der Waals surface area contributed by atoms with Crippen LogP contribution in [0.1, 0.15) is 68.7 Å². The minimum atomic E-state index is 0.491. The zero-order valence-electron chi connectivity index (χ0n) is 23.1. The van der Waals surface area contributed by atoms with Crippen LogP contribution in [0.25, 0.3) is 28.2 Å². The van der Waals surface area contributed by atoms with Crippen LogP contribution in [0.4, 0.5) is 0 Å². The first-order chi connectivity index (χ1) is 19.2. The smallest absolute Gasteiger partial charge is 0.182 e. The van der Waals surface area contributed by atoms with Crippen LogP contribution < -0.4 is 4.74 Å². The summed E-state index contributed by atoms with van der Waals surface area (Å²) in [5.74, 6) is 3.91. The fraction of sp³-hybridized carbons (Fsp3) is 0.412. The number of likely N-dealkylation sites (tertiary alicyclic amines) is 1. The van der Waals surface area contributed by atoms with Crippen molar-refractivity contribution in [1.82, 2.24) is 20.1 Å². The number of para-hydroxylation sites is 1. The highest BCUT2D eigenvalue weighted by Crippen LogP contribution is 2.43. The van der Waals surface area contributed by atoms with Gasteiger partial charge >= 0.3 is 0 Å². The molecule has 0 bridgehead atoms. The summed E-state index contributed by atoms with van der Waals surface area (Å²) >= 11 is 0. The Balaban J connectivity index is 1.23. The van der Waals surface area contributed by atoms with E-state index < -0.39 is 0 Å². The molecule has 6 rings (SSSR count). The van der Waals surface area contributed by atoms with E-state index in [1.165, 1.54) is 70.2 Å². The molecule has 1 aliphatic heterocycles. The SMILES string of the molecule is C=Cc1[nH]nc2nc(C3CCC(C4CCCCN(C)CC4)CC3)cc(-c3ccc(Oc4ccccc4)cc3)c12. The monoisotopic (exact) mass is 520 g/mol. The van der Waals surface area contributed by atoms with Crippen LogP contribution in [0.3, 0.4) is 0 Å². The van der Waals surface area contributed by atoms with Crippen LogP contribution in [-0.2, 0) is 0 Å². The highest BCUT2D eigenvalue weighted by molar-refractivity contribution is 5.98. The average Bonchev–Trinajstić information content (AvgIpc) is 3.39. The molecule has 5 heteroatoms. The number of ether oxygens (including phenoxy) is 1. The second kappa shape index (κ2) is 11.7. The van der Waals surface area contributed by atoms with Crippen molar-refractivity contribution in [2.75, 3.05) is 20.1 Å². The largest absolute Gasteiger partial charge is 0.457 e. The van der Waals surface area contributed by atoms with Gasteiger partial charge in [0.15, 0.2) is 5.65 Å². The fourth-order valence-electron chi connectivity index (χ4n) is 6.77. The first kappa shape index (κ1) is 25.8. The number of aromatic nitrogens is 3. The van der Waals surface area contributed by atoms with E-state index in [0.29, 0.717) is 5.92 Å². The number of hydrogen-bond acceptors (Lipinski definition) is 4. The van der Waals surface area contributed by atoms with Crippen molar-refractivity contribution >= 4 is 17.1 Å². The molecule has 39 heavy (non-hydrogen) atoms. The summed E-state index contributed by atoms with van der Waals surface area (Å²) in [6, 6.07) is 20.6. The molecule has 0 amide bonds. The second-order valence-electron chi connectivity index (χ2n) is 11.5. The van der Waals surface area contributed by atoms with Gasteiger partial charge in [-0.25, -0.2) is 4.98 Å². The summed E-state index contributed by atoms with van der Waals surface area (Å²) in [6.07, 6.45) is 12.4. The minimum absolute atomic E-state index is 0.491. The van der Waals surface area contributed by atoms with E-state index in [4.69, 9.17) is 9.72 Å². The van der Waals surface area contributed by atoms with Crippen molar-refractivity contribution < 1.29 is 4.74 Å². The van der Waals surface area contributed by atoms with Gasteiger partial charge in [0, 0.05) is 11.6 Å². The number of nitrogens with zero attached hydrogens (tertiary/aromatic N) is 3. The zero-order chi connectivity index (χ0) is 26.6. The van der Waals surface area contributed by atoms with Gasteiger partial charge in [0.05, 0.1) is 11.1 Å². The number of benzene rings is 2. The number of fused-ring (bicyclic) bond motifs is 1. The molecular formula is C34H40N4O. The molecule has 2 fully saturated rings. The maximum Gasteiger partial charge on any atom is 0.182 e. The maximum atomic E-state index is 6.04. The van der Waals surface area contributed by atoms with Gasteiger partial charge < -0.3 is 9.64 Å². The Bertz CT molecular complexity index is 1390. The molecular weight excluding hydrogens is 480 g/mol. The Hall–Kier alpha value is -3.44. The van der Waals surface area contributed by atoms with Gasteiger partial charge in [-0.05, 0) is 118 Å². The molecule has 2 aliphatic rings. The summed E-state index contributed by atoms with van der Waals surface area (Å²) in [5.41, 5.74) is 5.19. The van der Waals surface area contributed by atoms with Crippen LogP contribution in [-0.4, -0.2) is 40.2 Å². The third-order valence-corrected chi connectivity index (χ3v) is 9.02. The van der Waals surface area contributed by atoms with Crippen molar-refractivity contribution in [3.8, 4) is 22.6 Å². The molecule has 5 nitrogen and oxygen atoms in total. The summed E-state index contributed by atoms with van der Waals surface area (Å²) in [7, 11) is 2.29. The molecule has 1 atom stereocenters. The van der Waals surface area contributed by atoms with E-state index in [0.717, 1.165) is 51.2 Å². The highest BCUT2D eigenvalue weighted by Gasteiger charge is 2.30. The molecule has 4 aromatic rings. The lowest BCUT2D eigenvalue weighted by molar-refractivity contribution is 0.169. The van der Waals surface area contributed by atoms with Gasteiger partial charge in [0.1, 0.15) is 11.5 Å². The lowest BCUT2D eigenvalue weighted by atomic mass is 9.72. The van der Waals surface area contributed by atoms with Crippen molar-refractivity contribution in [3.63, 3.8) is 0 Å². The van der Waals surface area contributed by atoms with E-state index in [-0.39, 0.29) is 0 Å². The van der Waals surface area contributed by atoms with Gasteiger partial charge in [-0.3, -0.25) is 5.10 Å². The van der Waals surface area contributed by atoms with Crippen LogP contribution in [0.2, 0.25) is 0 Å². The predicted molar refractivity (Wildman–Crippen MR) is 160 cm³/mol. The van der Waals surface area contributed by atoms with E-state index in [9.17, 15) is 0 Å². The average molecular weight is 521 g/mol. The van der Waals surface area contributed by atoms with Crippen molar-refractivity contribution in [1.29, 1.82) is 0 Å². The number of rotatable bonds is 6. The van der Waals surface area contributed by atoms with Crippen molar-refractivity contribution in [2.45, 2.75) is 57.3 Å². The maximum absolute atomic E-state index is 6.04. The van der Waals surface area contributed by atoms with Crippen LogP contribution in [0.5, 0.6) is 11.5 Å². The Labute approximate surface area is 232 Å². The number of aromatic amines is 1. The van der Waals surface area contributed by atoms with Gasteiger partial charge in [-0.1, -0.05) is 49.8 Å². The topological polar surface area (TPSA) is 54.0 Å². The molecule has 3 heterocycles. The van der Waals surface area contributed by atoms with E-state index in [2.05, 4.69) is 46.9 Å². The Morgan fingerprint density at radius 1 is 0.872 bits per heavy atom. The molecule has 0 radical (unpaired) electrons. The summed E-state index contributed by atoms with van der Waals surface area (Å²) in [4.78, 5) is 7.61. The third-order valence-electron chi connectivity index (χ3n) is 9.02. The Morgan fingerprint density at radius 3 is 2.38 bits per heavy atom. The molecule has 0 spiro atoms. The molecule has 1 N–H and O–H groups in total. The Morgan fingerprint density at radius 2 is 1.62 bits per heavy atom. The molecule has 1 unspecified atom stereocenters. The summed E-state index contributed by atoms with van der Waals surface area (Å²) in [5, 5.41) is 8.78. The fourth-order valence-corrected chi connectivity index (χ4v) is 6.77. The van der Waals surface area contributed by atoms with E-state index >= 15 is 0 Å². The Kier molecular flexibility index (Phi) is 7.78. The van der Waals surface area contributed by atoms with Crippen LogP contribution in [0.15, 0.2) is 67.2 Å². The van der Waals surface area contributed by atoms with Gasteiger partial charge in [-0.2, -0.15) is 5.10 Å². The summed E-state index contributed by atoms with van der Waals surface area (Å²) in [6.45, 7) is 6.53. The van der Waals surface area contributed by atoms with Gasteiger partial charge in [0.2, 0.25) is 0 Å². The van der Waals surface area contributed by atoms with Crippen LogP contribution in [0, 0.1) is 11.8 Å². The lowest BCUT2D eigenvalue weighted by Crippen LogP contribution is -2.29. The third kappa shape index (κ3) is 5.79. The molecule has 1 saturated heterocycles. The second-order valence-corrected chi connectivity index (χ2v) is 11.5. The molecule has 1 saturated carbocycles. The molecule has 202 valence electrons. The van der Waals surface area contributed by atoms with E-state index in [1.54, 1.807) is 0 Å². The van der Waals surface area contributed by atoms with Gasteiger partial charge in [-0.15, -0.1) is 0 Å². The van der Waals surface area contributed by atoms with Crippen molar-refractivity contribution in [2.24, 2.45) is 11.8 Å². The first-order valence-corrected chi connectivity index (χ1v) is 14.7. The highest BCUT2D eigenvalue weighted by atomic mass is 16.5. The number of hydrogen-bond donors (Lipinski definition) is 1. The number of pyridine rings is 1. The normalized spacial score (nSPS) is 22.7.